The van der Waals surface area contributed by atoms with Crippen LogP contribution in [0.15, 0.2) is 0 Å². The Labute approximate surface area is 387 Å². The van der Waals surface area contributed by atoms with Crippen LogP contribution in [-0.4, -0.2) is 68.5 Å². The molecule has 8 nitrogen and oxygen atoms in total. The van der Waals surface area contributed by atoms with Gasteiger partial charge in [0.25, 0.3) is 7.82 Å². The molecule has 0 saturated carbocycles. The minimum absolute atomic E-state index is 0.0162. The highest BCUT2D eigenvalue weighted by Gasteiger charge is 2.24. The van der Waals surface area contributed by atoms with Crippen LogP contribution in [-0.2, 0) is 18.4 Å². The van der Waals surface area contributed by atoms with E-state index in [9.17, 15) is 19.4 Å². The van der Waals surface area contributed by atoms with Crippen LogP contribution < -0.4 is 10.2 Å². The fourth-order valence-electron chi connectivity index (χ4n) is 8.51. The number of hydrogen-bond donors (Lipinski definition) is 2. The minimum Gasteiger partial charge on any atom is -0.756 e. The first-order chi connectivity index (χ1) is 30.0. The summed E-state index contributed by atoms with van der Waals surface area (Å²) in [6.07, 6.45) is 52.8. The van der Waals surface area contributed by atoms with Crippen LogP contribution >= 0.6 is 7.82 Å². The molecule has 0 aliphatic carbocycles. The second kappa shape index (κ2) is 45.6. The van der Waals surface area contributed by atoms with E-state index in [1.807, 2.05) is 21.1 Å². The zero-order chi connectivity index (χ0) is 45.7. The Hall–Kier alpha value is -0.500. The van der Waals surface area contributed by atoms with Gasteiger partial charge in [0, 0.05) is 6.42 Å². The molecule has 0 rings (SSSR count). The number of carbonyl (C=O) groups is 1. The van der Waals surface area contributed by atoms with Crippen molar-refractivity contribution in [1.29, 1.82) is 0 Å². The van der Waals surface area contributed by atoms with E-state index in [1.54, 1.807) is 0 Å². The Morgan fingerprint density at radius 1 is 0.500 bits per heavy atom. The number of phosphoric acid groups is 1. The molecule has 0 aromatic rings. The number of likely N-dealkylation sites (N-methyl/N-ethyl adjacent to an activating group) is 1. The van der Waals surface area contributed by atoms with Gasteiger partial charge in [-0.1, -0.05) is 264 Å². The normalized spacial score (nSPS) is 14.0. The van der Waals surface area contributed by atoms with Crippen molar-refractivity contribution in [2.75, 3.05) is 40.9 Å². The Bertz CT molecular complexity index is 978. The average molecular weight is 901 g/mol. The molecule has 0 saturated heterocycles. The number of hydrogen-bond acceptors (Lipinski definition) is 6. The maximum absolute atomic E-state index is 12.9. The van der Waals surface area contributed by atoms with E-state index < -0.39 is 20.0 Å². The molecule has 0 fully saturated rings. The van der Waals surface area contributed by atoms with Gasteiger partial charge in [0.15, 0.2) is 0 Å². The van der Waals surface area contributed by atoms with Crippen LogP contribution in [0.4, 0.5) is 0 Å². The first-order valence-electron chi connectivity index (χ1n) is 27.4. The lowest BCUT2D eigenvalue weighted by Crippen LogP contribution is -2.46. The van der Waals surface area contributed by atoms with Crippen molar-refractivity contribution in [1.82, 2.24) is 5.32 Å². The Kier molecular flexibility index (Phi) is 45.3. The van der Waals surface area contributed by atoms with Gasteiger partial charge in [0.1, 0.15) is 13.2 Å². The van der Waals surface area contributed by atoms with Gasteiger partial charge in [-0.25, -0.2) is 0 Å². The van der Waals surface area contributed by atoms with E-state index in [0.717, 1.165) is 38.5 Å². The monoisotopic (exact) mass is 901 g/mol. The number of unbranched alkanes of at least 4 members (excludes halogenated alkanes) is 38. The second-order valence-corrected chi connectivity index (χ2v) is 21.7. The number of phosphoric ester groups is 1. The fourth-order valence-corrected chi connectivity index (χ4v) is 9.24. The molecule has 9 heteroatoms. The molecule has 0 bridgehead atoms. The highest BCUT2D eigenvalue weighted by atomic mass is 31.2. The van der Waals surface area contributed by atoms with Crippen molar-refractivity contribution in [2.45, 2.75) is 296 Å². The molecule has 2 N–H and O–H groups in total. The summed E-state index contributed by atoms with van der Waals surface area (Å²) in [5, 5.41) is 13.9. The summed E-state index contributed by atoms with van der Waals surface area (Å²) in [6.45, 7) is 4.75. The first kappa shape index (κ1) is 61.5. The lowest BCUT2D eigenvalue weighted by Gasteiger charge is -2.30. The summed E-state index contributed by atoms with van der Waals surface area (Å²) in [4.78, 5) is 25.4. The molecule has 0 aromatic carbocycles. The quantitative estimate of drug-likeness (QED) is 0.0358. The van der Waals surface area contributed by atoms with Crippen LogP contribution in [0.25, 0.3) is 0 Å². The molecular weight excluding hydrogens is 792 g/mol. The smallest absolute Gasteiger partial charge is 0.268 e. The molecule has 372 valence electrons. The Morgan fingerprint density at radius 3 is 1.10 bits per heavy atom. The van der Waals surface area contributed by atoms with Crippen LogP contribution in [0.3, 0.4) is 0 Å². The van der Waals surface area contributed by atoms with E-state index >= 15 is 0 Å². The Balaban J connectivity index is 4.00. The third-order valence-corrected chi connectivity index (χ3v) is 13.8. The van der Waals surface area contributed by atoms with Gasteiger partial charge in [-0.2, -0.15) is 0 Å². The minimum atomic E-state index is -4.56. The highest BCUT2D eigenvalue weighted by molar-refractivity contribution is 7.45. The van der Waals surface area contributed by atoms with Crippen molar-refractivity contribution < 1.29 is 32.9 Å². The molecule has 0 aliphatic heterocycles. The maximum Gasteiger partial charge on any atom is 0.268 e. The van der Waals surface area contributed by atoms with Crippen LogP contribution in [0.2, 0.25) is 0 Å². The molecular formula is C53H109N2O6P. The zero-order valence-corrected chi connectivity index (χ0v) is 43.3. The molecule has 62 heavy (non-hydrogen) atoms. The molecule has 0 radical (unpaired) electrons. The molecule has 3 atom stereocenters. The summed E-state index contributed by atoms with van der Waals surface area (Å²) in [5.74, 6) is -0.158. The largest absolute Gasteiger partial charge is 0.756 e. The van der Waals surface area contributed by atoms with Gasteiger partial charge in [-0.15, -0.1) is 0 Å². The predicted molar refractivity (Wildman–Crippen MR) is 266 cm³/mol. The van der Waals surface area contributed by atoms with Gasteiger partial charge >= 0.3 is 0 Å². The molecule has 1 amide bonds. The van der Waals surface area contributed by atoms with Crippen molar-refractivity contribution in [2.24, 2.45) is 0 Å². The van der Waals surface area contributed by atoms with Crippen LogP contribution in [0.5, 0.6) is 0 Å². The number of nitrogens with one attached hydrogen (secondary N) is 1. The van der Waals surface area contributed by atoms with Crippen molar-refractivity contribution in [3.63, 3.8) is 0 Å². The second-order valence-electron chi connectivity index (χ2n) is 20.3. The van der Waals surface area contributed by atoms with E-state index in [-0.39, 0.29) is 19.1 Å². The fraction of sp³-hybridized carbons (Fsp3) is 0.981. The summed E-state index contributed by atoms with van der Waals surface area (Å²) in [6, 6.07) is -0.793. The summed E-state index contributed by atoms with van der Waals surface area (Å²) in [7, 11) is 1.32. The van der Waals surface area contributed by atoms with Gasteiger partial charge < -0.3 is 28.8 Å². The topological polar surface area (TPSA) is 108 Å². The summed E-state index contributed by atoms with van der Waals surface area (Å²) in [5.41, 5.74) is 0. The lowest BCUT2D eigenvalue weighted by atomic mass is 10.0. The standard InChI is InChI=1S/C53H109N2O6P/c1-6-8-10-12-14-16-18-20-21-22-23-24-25-26-27-28-29-30-31-32-33-34-35-37-39-41-43-45-47-53(57)54-51(50-61-62(58,59)60-49-48-55(3,4)5)52(56)46-44-42-40-38-36-19-17-15-13-11-9-7-2/h51-52,56H,6-50H2,1-5H3,(H-,54,57,58,59)/t51-,52+/m0/s1. The zero-order valence-electron chi connectivity index (χ0n) is 42.4. The van der Waals surface area contributed by atoms with Gasteiger partial charge in [-0.3, -0.25) is 9.36 Å². The molecule has 0 aromatic heterocycles. The van der Waals surface area contributed by atoms with E-state index in [2.05, 4.69) is 19.2 Å². The van der Waals surface area contributed by atoms with Gasteiger partial charge in [0.2, 0.25) is 5.91 Å². The molecule has 0 aliphatic rings. The van der Waals surface area contributed by atoms with E-state index in [1.165, 1.54) is 218 Å². The number of aliphatic hydroxyl groups excluding tert-OH is 1. The SMILES string of the molecule is CCCCCCCCCCCCCCCCCCCCCCCCCCCCCCC(=O)N[C@@H](COP(=O)([O-])OCC[N+](C)(C)C)[C@H](O)CCCCCCCCCCCCCC. The van der Waals surface area contributed by atoms with Crippen molar-refractivity contribution in [3.8, 4) is 0 Å². The number of aliphatic hydroxyl groups is 1. The molecule has 1 unspecified atom stereocenters. The van der Waals surface area contributed by atoms with Gasteiger partial charge in [0.05, 0.1) is 39.9 Å². The number of nitrogens with zero attached hydrogens (tertiary/aromatic N) is 1. The third-order valence-electron chi connectivity index (χ3n) is 12.8. The van der Waals surface area contributed by atoms with Crippen molar-refractivity contribution in [3.05, 3.63) is 0 Å². The maximum atomic E-state index is 12.9. The first-order valence-corrected chi connectivity index (χ1v) is 28.8. The third kappa shape index (κ3) is 47.5. The predicted octanol–water partition coefficient (Wildman–Crippen LogP) is 15.5. The van der Waals surface area contributed by atoms with E-state index in [0.29, 0.717) is 23.9 Å². The summed E-state index contributed by atoms with van der Waals surface area (Å²) < 4.78 is 23.3. The van der Waals surface area contributed by atoms with Crippen LogP contribution in [0.1, 0.15) is 284 Å². The Morgan fingerprint density at radius 2 is 0.790 bits per heavy atom. The number of amides is 1. The van der Waals surface area contributed by atoms with E-state index in [4.69, 9.17) is 9.05 Å². The molecule has 0 spiro atoms. The highest BCUT2D eigenvalue weighted by Crippen LogP contribution is 2.38. The van der Waals surface area contributed by atoms with Crippen LogP contribution in [0, 0.1) is 0 Å². The van der Waals surface area contributed by atoms with Gasteiger partial charge in [-0.05, 0) is 12.8 Å². The average Bonchev–Trinajstić information content (AvgIpc) is 3.23. The summed E-state index contributed by atoms with van der Waals surface area (Å²) >= 11 is 0. The number of rotatable bonds is 51. The number of carbonyl (C=O) groups excluding carboxylic acids is 1. The lowest BCUT2D eigenvalue weighted by molar-refractivity contribution is -0.870. The molecule has 0 heterocycles. The number of quaternary nitrogens is 1. The van der Waals surface area contributed by atoms with Crippen molar-refractivity contribution >= 4 is 13.7 Å².